The number of aryl methyl sites for hydroxylation is 2. The number of hydrogen-bond acceptors (Lipinski definition) is 2. The standard InChI is InChI=1S/C26H34Br2O2/c1-18-14-20(16-22(27)24(18)29)26(21-15-19(2)25(30)23(28)17-21)12-10-8-6-4-3-5-7-9-11-13-26/h14-17,29-30H,3-13H2,1-2H3. The highest BCUT2D eigenvalue weighted by Gasteiger charge is 2.35. The van der Waals surface area contributed by atoms with Crippen LogP contribution < -0.4 is 0 Å². The average Bonchev–Trinajstić information content (AvgIpc) is 2.70. The van der Waals surface area contributed by atoms with E-state index in [1.807, 2.05) is 13.8 Å². The van der Waals surface area contributed by atoms with Crippen LogP contribution in [0.2, 0.25) is 0 Å². The van der Waals surface area contributed by atoms with E-state index in [2.05, 4.69) is 56.1 Å². The van der Waals surface area contributed by atoms with Crippen LogP contribution in [-0.4, -0.2) is 10.2 Å². The van der Waals surface area contributed by atoms with Crippen LogP contribution in [0.15, 0.2) is 33.2 Å². The largest absolute Gasteiger partial charge is 0.506 e. The fourth-order valence-electron chi connectivity index (χ4n) is 4.99. The lowest BCUT2D eigenvalue weighted by Gasteiger charge is -2.37. The Kier molecular flexibility index (Phi) is 8.31. The molecule has 0 aliphatic heterocycles. The third kappa shape index (κ3) is 5.24. The SMILES string of the molecule is Cc1cc(C2(c3cc(C)c(O)c(Br)c3)CCCCCCCCCCC2)cc(Br)c1O. The summed E-state index contributed by atoms with van der Waals surface area (Å²) < 4.78 is 1.52. The summed E-state index contributed by atoms with van der Waals surface area (Å²) in [5.41, 5.74) is 4.21. The lowest BCUT2D eigenvalue weighted by molar-refractivity contribution is 0.380. The van der Waals surface area contributed by atoms with E-state index in [1.165, 1.54) is 68.9 Å². The van der Waals surface area contributed by atoms with Crippen molar-refractivity contribution in [2.75, 3.05) is 0 Å². The van der Waals surface area contributed by atoms with Crippen LogP contribution in [0.3, 0.4) is 0 Å². The first-order chi connectivity index (χ1) is 14.3. The lowest BCUT2D eigenvalue weighted by atomic mass is 9.67. The van der Waals surface area contributed by atoms with Gasteiger partial charge < -0.3 is 10.2 Å². The summed E-state index contributed by atoms with van der Waals surface area (Å²) >= 11 is 7.17. The maximum atomic E-state index is 10.4. The molecule has 0 saturated heterocycles. The minimum absolute atomic E-state index is 0.124. The Bertz CT molecular complexity index is 758. The molecule has 3 rings (SSSR count). The maximum Gasteiger partial charge on any atom is 0.132 e. The molecule has 1 aliphatic rings. The van der Waals surface area contributed by atoms with Gasteiger partial charge in [0.05, 0.1) is 8.95 Å². The average molecular weight is 538 g/mol. The molecule has 0 bridgehead atoms. The summed E-state index contributed by atoms with van der Waals surface area (Å²) in [6, 6.07) is 8.57. The van der Waals surface area contributed by atoms with Gasteiger partial charge in [-0.15, -0.1) is 0 Å². The van der Waals surface area contributed by atoms with Gasteiger partial charge in [-0.25, -0.2) is 0 Å². The van der Waals surface area contributed by atoms with Gasteiger partial charge in [0.2, 0.25) is 0 Å². The molecule has 164 valence electrons. The molecule has 0 radical (unpaired) electrons. The zero-order chi connectivity index (χ0) is 21.7. The highest BCUT2D eigenvalue weighted by atomic mass is 79.9. The minimum Gasteiger partial charge on any atom is -0.506 e. The quantitative estimate of drug-likeness (QED) is 0.401. The zero-order valence-electron chi connectivity index (χ0n) is 18.2. The second kappa shape index (κ2) is 10.5. The third-order valence-corrected chi connectivity index (χ3v) is 8.03. The van der Waals surface area contributed by atoms with Crippen molar-refractivity contribution in [2.24, 2.45) is 0 Å². The molecule has 2 aromatic rings. The first kappa shape index (κ1) is 23.7. The van der Waals surface area contributed by atoms with Crippen LogP contribution in [-0.2, 0) is 5.41 Å². The molecule has 1 aliphatic carbocycles. The zero-order valence-corrected chi connectivity index (χ0v) is 21.4. The number of hydrogen-bond donors (Lipinski definition) is 2. The number of phenolic OH excluding ortho intramolecular Hbond substituents is 2. The smallest absolute Gasteiger partial charge is 0.132 e. The maximum absolute atomic E-state index is 10.4. The second-order valence-electron chi connectivity index (χ2n) is 9.01. The molecule has 2 nitrogen and oxygen atoms in total. The fourth-order valence-corrected chi connectivity index (χ4v) is 6.10. The van der Waals surface area contributed by atoms with E-state index in [0.717, 1.165) is 32.9 Å². The number of phenols is 2. The molecule has 1 fully saturated rings. The lowest BCUT2D eigenvalue weighted by Crippen LogP contribution is -2.28. The molecular weight excluding hydrogens is 504 g/mol. The van der Waals surface area contributed by atoms with Crippen molar-refractivity contribution in [2.45, 2.75) is 89.9 Å². The molecule has 0 amide bonds. The van der Waals surface area contributed by atoms with E-state index in [1.54, 1.807) is 0 Å². The molecule has 0 spiro atoms. The van der Waals surface area contributed by atoms with Crippen molar-refractivity contribution in [3.8, 4) is 11.5 Å². The molecule has 2 N–H and O–H groups in total. The summed E-state index contributed by atoms with van der Waals surface area (Å²) in [6.45, 7) is 3.95. The van der Waals surface area contributed by atoms with Crippen LogP contribution in [0.1, 0.15) is 92.9 Å². The van der Waals surface area contributed by atoms with Crippen LogP contribution in [0.5, 0.6) is 11.5 Å². The second-order valence-corrected chi connectivity index (χ2v) is 10.7. The van der Waals surface area contributed by atoms with Gasteiger partial charge in [0.25, 0.3) is 0 Å². The van der Waals surface area contributed by atoms with Crippen molar-refractivity contribution in [3.05, 3.63) is 55.5 Å². The number of benzene rings is 2. The van der Waals surface area contributed by atoms with E-state index >= 15 is 0 Å². The molecule has 1 saturated carbocycles. The Labute approximate surface area is 198 Å². The van der Waals surface area contributed by atoms with Gasteiger partial charge in [-0.1, -0.05) is 69.9 Å². The van der Waals surface area contributed by atoms with Gasteiger partial charge in [0, 0.05) is 5.41 Å². The van der Waals surface area contributed by atoms with Crippen molar-refractivity contribution in [1.29, 1.82) is 0 Å². The summed E-state index contributed by atoms with van der Waals surface area (Å²) in [4.78, 5) is 0. The van der Waals surface area contributed by atoms with Crippen LogP contribution >= 0.6 is 31.9 Å². The van der Waals surface area contributed by atoms with Crippen molar-refractivity contribution in [3.63, 3.8) is 0 Å². The summed E-state index contributed by atoms with van der Waals surface area (Å²) in [5.74, 6) is 0.648. The normalized spacial score (nSPS) is 18.4. The topological polar surface area (TPSA) is 40.5 Å². The summed E-state index contributed by atoms with van der Waals surface area (Å²) in [5, 5.41) is 20.7. The minimum atomic E-state index is -0.124. The molecule has 30 heavy (non-hydrogen) atoms. The van der Waals surface area contributed by atoms with Crippen molar-refractivity contribution in [1.82, 2.24) is 0 Å². The number of aromatic hydroxyl groups is 2. The van der Waals surface area contributed by atoms with E-state index < -0.39 is 0 Å². The van der Waals surface area contributed by atoms with E-state index in [0.29, 0.717) is 11.5 Å². The van der Waals surface area contributed by atoms with Gasteiger partial charge in [-0.2, -0.15) is 0 Å². The van der Waals surface area contributed by atoms with Gasteiger partial charge in [-0.3, -0.25) is 0 Å². The highest BCUT2D eigenvalue weighted by Crippen LogP contribution is 2.47. The Balaban J connectivity index is 2.15. The third-order valence-electron chi connectivity index (χ3n) is 6.82. The Morgan fingerprint density at radius 1 is 0.600 bits per heavy atom. The Hall–Kier alpha value is -1.00. The molecule has 2 aromatic carbocycles. The Morgan fingerprint density at radius 2 is 0.933 bits per heavy atom. The van der Waals surface area contributed by atoms with Gasteiger partial charge in [-0.05, 0) is 92.9 Å². The molecule has 0 unspecified atom stereocenters. The predicted molar refractivity (Wildman–Crippen MR) is 133 cm³/mol. The summed E-state index contributed by atoms with van der Waals surface area (Å²) in [7, 11) is 0. The van der Waals surface area contributed by atoms with Gasteiger partial charge in [0.1, 0.15) is 11.5 Å². The first-order valence-corrected chi connectivity index (χ1v) is 12.9. The van der Waals surface area contributed by atoms with E-state index in [9.17, 15) is 10.2 Å². The van der Waals surface area contributed by atoms with Crippen LogP contribution in [0, 0.1) is 13.8 Å². The predicted octanol–water partition coefficient (Wildman–Crippen LogP) is 8.83. The number of halogens is 2. The van der Waals surface area contributed by atoms with E-state index in [4.69, 9.17) is 0 Å². The van der Waals surface area contributed by atoms with Crippen molar-refractivity contribution >= 4 is 31.9 Å². The van der Waals surface area contributed by atoms with Gasteiger partial charge >= 0.3 is 0 Å². The molecule has 0 heterocycles. The number of rotatable bonds is 2. The highest BCUT2D eigenvalue weighted by molar-refractivity contribution is 9.10. The molecule has 0 aromatic heterocycles. The van der Waals surface area contributed by atoms with Crippen molar-refractivity contribution < 1.29 is 10.2 Å². The van der Waals surface area contributed by atoms with E-state index in [-0.39, 0.29) is 5.41 Å². The van der Waals surface area contributed by atoms with Crippen LogP contribution in [0.4, 0.5) is 0 Å². The fraction of sp³-hybridized carbons (Fsp3) is 0.538. The monoisotopic (exact) mass is 536 g/mol. The van der Waals surface area contributed by atoms with Gasteiger partial charge in [0.15, 0.2) is 0 Å². The first-order valence-electron chi connectivity index (χ1n) is 11.3. The summed E-state index contributed by atoms with van der Waals surface area (Å²) in [6.07, 6.45) is 13.8. The Morgan fingerprint density at radius 3 is 1.27 bits per heavy atom. The molecule has 0 atom stereocenters. The molecular formula is C26H34Br2O2. The molecule has 4 heteroatoms. The van der Waals surface area contributed by atoms with Crippen LogP contribution in [0.25, 0.3) is 0 Å².